The fourth-order valence-corrected chi connectivity index (χ4v) is 2.81. The van der Waals surface area contributed by atoms with Crippen molar-refractivity contribution in [3.63, 3.8) is 0 Å². The average Bonchev–Trinajstić information content (AvgIpc) is 3.28. The van der Waals surface area contributed by atoms with Gasteiger partial charge in [0.2, 0.25) is 0 Å². The summed E-state index contributed by atoms with van der Waals surface area (Å²) in [4.78, 5) is 0. The van der Waals surface area contributed by atoms with Gasteiger partial charge in [-0.1, -0.05) is 13.0 Å². The van der Waals surface area contributed by atoms with E-state index in [0.29, 0.717) is 0 Å². The number of nitrogens with zero attached hydrogens (tertiary/aromatic N) is 1. The van der Waals surface area contributed by atoms with Gasteiger partial charge in [-0.25, -0.2) is 11.6 Å². The molecule has 3 aromatic rings. The molecular formula is C21H21Cl2NTi-2. The van der Waals surface area contributed by atoms with Gasteiger partial charge >= 0.3 is 35.6 Å². The van der Waals surface area contributed by atoms with E-state index < -0.39 is 17.0 Å². The quantitative estimate of drug-likeness (QED) is 0.302. The third-order valence-corrected chi connectivity index (χ3v) is 3.90. The van der Waals surface area contributed by atoms with Crippen molar-refractivity contribution in [1.82, 2.24) is 4.57 Å². The SMILES string of the molecule is CC1=[C-]CC=C1.Cc1cc(C)n(-c2cc3ccccc3[cH-]2)c1.[Cl][Ti][Cl]. The van der Waals surface area contributed by atoms with Crippen molar-refractivity contribution in [2.75, 3.05) is 0 Å². The zero-order valence-corrected chi connectivity index (χ0v) is 17.8. The van der Waals surface area contributed by atoms with E-state index in [1.807, 2.05) is 0 Å². The zero-order chi connectivity index (χ0) is 18.2. The van der Waals surface area contributed by atoms with Crippen LogP contribution in [0.4, 0.5) is 0 Å². The Hall–Kier alpha value is -1.12. The minimum atomic E-state index is -0.556. The third-order valence-electron chi connectivity index (χ3n) is 3.90. The van der Waals surface area contributed by atoms with Crippen LogP contribution in [0.1, 0.15) is 24.6 Å². The molecule has 0 saturated heterocycles. The Balaban J connectivity index is 0.000000209. The summed E-state index contributed by atoms with van der Waals surface area (Å²) in [6.45, 7) is 6.33. The number of benzene rings is 1. The van der Waals surface area contributed by atoms with Gasteiger partial charge in [-0.2, -0.15) is 6.08 Å². The summed E-state index contributed by atoms with van der Waals surface area (Å²) >= 11 is -0.556. The first-order valence-electron chi connectivity index (χ1n) is 8.07. The van der Waals surface area contributed by atoms with Crippen molar-refractivity contribution in [3.8, 4) is 5.69 Å². The summed E-state index contributed by atoms with van der Waals surface area (Å²) in [6.07, 6.45) is 10.5. The fourth-order valence-electron chi connectivity index (χ4n) is 2.81. The number of rotatable bonds is 1. The molecule has 0 N–H and O–H groups in total. The summed E-state index contributed by atoms with van der Waals surface area (Å²) in [5, 5.41) is 2.62. The molecule has 1 aliphatic carbocycles. The number of aromatic nitrogens is 1. The molecule has 2 aromatic carbocycles. The number of fused-ring (bicyclic) bond motifs is 1. The van der Waals surface area contributed by atoms with Crippen LogP contribution in [0.25, 0.3) is 16.5 Å². The molecule has 0 amide bonds. The maximum absolute atomic E-state index is 4.89. The van der Waals surface area contributed by atoms with Gasteiger partial charge in [-0.15, -0.1) is 47.5 Å². The average molecular weight is 406 g/mol. The molecule has 4 rings (SSSR count). The van der Waals surface area contributed by atoms with Gasteiger partial charge in [0.15, 0.2) is 0 Å². The standard InChI is InChI=1S/C15H14N.C6H7.2ClH.Ti/c1-11-7-12(2)16(10-11)15-8-13-5-3-4-6-14(13)9-15;1-6-4-2-3-5-6;;;/h3-10H,1-2H3;2,4H,3H2,1H3;2*1H;/q2*-1;;;+2/p-2. The van der Waals surface area contributed by atoms with Gasteiger partial charge in [0.1, 0.15) is 0 Å². The molecule has 1 aliphatic rings. The van der Waals surface area contributed by atoms with E-state index in [2.05, 4.69) is 92.2 Å². The van der Waals surface area contributed by atoms with E-state index in [4.69, 9.17) is 18.6 Å². The van der Waals surface area contributed by atoms with Crippen LogP contribution >= 0.6 is 18.6 Å². The molecule has 130 valence electrons. The van der Waals surface area contributed by atoms with E-state index in [-0.39, 0.29) is 0 Å². The molecular weight excluding hydrogens is 385 g/mol. The second-order valence-electron chi connectivity index (χ2n) is 5.91. The van der Waals surface area contributed by atoms with Crippen molar-refractivity contribution in [2.24, 2.45) is 0 Å². The fraction of sp³-hybridized carbons (Fsp3) is 0.190. The van der Waals surface area contributed by atoms with Gasteiger partial charge in [0.05, 0.1) is 0 Å². The van der Waals surface area contributed by atoms with Crippen LogP contribution in [-0.4, -0.2) is 4.57 Å². The number of hydrogen-bond donors (Lipinski definition) is 0. The summed E-state index contributed by atoms with van der Waals surface area (Å²) in [5.41, 5.74) is 5.12. The van der Waals surface area contributed by atoms with Gasteiger partial charge in [0.25, 0.3) is 0 Å². The summed E-state index contributed by atoms with van der Waals surface area (Å²) in [7, 11) is 9.78. The molecule has 0 aliphatic heterocycles. The Morgan fingerprint density at radius 3 is 2.32 bits per heavy atom. The summed E-state index contributed by atoms with van der Waals surface area (Å²) < 4.78 is 2.25. The van der Waals surface area contributed by atoms with Crippen molar-refractivity contribution in [1.29, 1.82) is 0 Å². The maximum atomic E-state index is 4.89. The van der Waals surface area contributed by atoms with Crippen LogP contribution in [0.15, 0.2) is 66.4 Å². The molecule has 0 bridgehead atoms. The molecule has 0 saturated carbocycles. The topological polar surface area (TPSA) is 4.93 Å². The van der Waals surface area contributed by atoms with Crippen molar-refractivity contribution in [2.45, 2.75) is 27.2 Å². The van der Waals surface area contributed by atoms with Gasteiger partial charge in [-0.05, 0) is 31.2 Å². The van der Waals surface area contributed by atoms with Crippen LogP contribution in [-0.2, 0) is 17.0 Å². The Bertz CT molecular complexity index is 835. The Labute approximate surface area is 167 Å². The Morgan fingerprint density at radius 2 is 1.84 bits per heavy atom. The summed E-state index contributed by atoms with van der Waals surface area (Å²) in [5.74, 6) is 0. The number of hydrogen-bond acceptors (Lipinski definition) is 0. The van der Waals surface area contributed by atoms with Gasteiger partial charge < -0.3 is 4.57 Å². The van der Waals surface area contributed by atoms with E-state index >= 15 is 0 Å². The van der Waals surface area contributed by atoms with Crippen LogP contribution in [0.2, 0.25) is 0 Å². The molecule has 0 fully saturated rings. The second kappa shape index (κ2) is 10.1. The van der Waals surface area contributed by atoms with Crippen LogP contribution in [0.3, 0.4) is 0 Å². The predicted octanol–water partition coefficient (Wildman–Crippen LogP) is 7.04. The first kappa shape index (κ1) is 20.2. The molecule has 1 nitrogen and oxygen atoms in total. The van der Waals surface area contributed by atoms with Crippen LogP contribution in [0, 0.1) is 19.9 Å². The molecule has 1 heterocycles. The third kappa shape index (κ3) is 5.97. The van der Waals surface area contributed by atoms with E-state index in [0.717, 1.165) is 6.42 Å². The first-order chi connectivity index (χ1) is 12.0. The minimum absolute atomic E-state index is 0.556. The molecule has 4 heteroatoms. The number of aryl methyl sites for hydroxylation is 2. The number of halogens is 2. The molecule has 0 spiro atoms. The molecule has 1 aromatic heterocycles. The van der Waals surface area contributed by atoms with Crippen molar-refractivity contribution in [3.05, 3.63) is 83.7 Å². The molecule has 0 atom stereocenters. The predicted molar refractivity (Wildman–Crippen MR) is 106 cm³/mol. The van der Waals surface area contributed by atoms with E-state index in [1.165, 1.54) is 33.3 Å². The number of allylic oxidation sites excluding steroid dienone is 4. The monoisotopic (exact) mass is 405 g/mol. The van der Waals surface area contributed by atoms with Crippen molar-refractivity contribution >= 4 is 29.4 Å². The second-order valence-corrected chi connectivity index (χ2v) is 8.49. The van der Waals surface area contributed by atoms with Gasteiger partial charge in [0, 0.05) is 11.9 Å². The first-order valence-corrected chi connectivity index (χ1v) is 12.4. The normalized spacial score (nSPS) is 12.1. The van der Waals surface area contributed by atoms with Crippen LogP contribution in [0.5, 0.6) is 0 Å². The Morgan fingerprint density at radius 1 is 1.12 bits per heavy atom. The Kier molecular flexibility index (Phi) is 8.19. The van der Waals surface area contributed by atoms with Crippen LogP contribution < -0.4 is 0 Å². The van der Waals surface area contributed by atoms with E-state index in [1.54, 1.807) is 0 Å². The molecule has 25 heavy (non-hydrogen) atoms. The van der Waals surface area contributed by atoms with E-state index in [9.17, 15) is 0 Å². The zero-order valence-electron chi connectivity index (χ0n) is 14.7. The summed E-state index contributed by atoms with van der Waals surface area (Å²) in [6, 6.07) is 15.2. The van der Waals surface area contributed by atoms with Crippen molar-refractivity contribution < 1.29 is 17.0 Å². The van der Waals surface area contributed by atoms with Gasteiger partial charge in [-0.3, -0.25) is 6.08 Å². The molecule has 0 unspecified atom stereocenters. The molecule has 0 radical (unpaired) electrons.